The molecule has 0 saturated heterocycles. The summed E-state index contributed by atoms with van der Waals surface area (Å²) < 4.78 is 20.9. The second-order valence-corrected chi connectivity index (χ2v) is 10.9. The standard InChI is InChI=1S/C29H31N2O6P.2Na/c1-19-8-10-23(26(16-19)36-2)27(20-6-4-3-5-7-20)31-28(32)29(13-14-29)22-9-11-25-24(17-22)21(18-30-25)12-15-37-38(33,34)35;;/h3-11,16-18,27,30H,12-15H2,1-2H3,(H,31,32)(H2,33,34,35);;/q;2*+1/p-2. The molecule has 40 heavy (non-hydrogen) atoms. The molecule has 1 fully saturated rings. The van der Waals surface area contributed by atoms with E-state index in [2.05, 4.69) is 14.8 Å². The molecule has 1 aliphatic rings. The molecule has 1 atom stereocenters. The molecule has 4 aromatic rings. The molecule has 198 valence electrons. The van der Waals surface area contributed by atoms with Crippen LogP contribution in [0.3, 0.4) is 0 Å². The van der Waals surface area contributed by atoms with Crippen molar-refractivity contribution in [2.24, 2.45) is 0 Å². The van der Waals surface area contributed by atoms with Crippen LogP contribution in [0.1, 0.15) is 46.7 Å². The van der Waals surface area contributed by atoms with Crippen LogP contribution >= 0.6 is 7.82 Å². The van der Waals surface area contributed by atoms with Gasteiger partial charge in [0, 0.05) is 22.7 Å². The zero-order chi connectivity index (χ0) is 26.9. The molecule has 5 rings (SSSR count). The number of benzene rings is 3. The van der Waals surface area contributed by atoms with Crippen LogP contribution in [0, 0.1) is 6.92 Å². The van der Waals surface area contributed by atoms with E-state index in [-0.39, 0.29) is 78.0 Å². The fourth-order valence-electron chi connectivity index (χ4n) is 5.03. The molecule has 3 aromatic carbocycles. The number of hydrogen-bond donors (Lipinski definition) is 2. The van der Waals surface area contributed by atoms with E-state index in [4.69, 9.17) is 4.74 Å². The Balaban J connectivity index is 0.00000220. The van der Waals surface area contributed by atoms with Gasteiger partial charge >= 0.3 is 59.1 Å². The number of methoxy groups -OCH3 is 1. The first-order valence-electron chi connectivity index (χ1n) is 12.5. The molecule has 1 aliphatic carbocycles. The van der Waals surface area contributed by atoms with Crippen molar-refractivity contribution in [1.29, 1.82) is 0 Å². The monoisotopic (exact) mass is 578 g/mol. The number of ether oxygens (including phenoxy) is 1. The summed E-state index contributed by atoms with van der Waals surface area (Å²) in [6.07, 6.45) is 3.46. The van der Waals surface area contributed by atoms with E-state index in [1.54, 1.807) is 13.3 Å². The number of nitrogens with one attached hydrogen (secondary N) is 2. The first-order chi connectivity index (χ1) is 18.2. The van der Waals surface area contributed by atoms with Gasteiger partial charge in [0.05, 0.1) is 33.0 Å². The van der Waals surface area contributed by atoms with Crippen LogP contribution in [-0.2, 0) is 25.7 Å². The van der Waals surface area contributed by atoms with E-state index < -0.39 is 19.3 Å². The van der Waals surface area contributed by atoms with Crippen molar-refractivity contribution in [3.05, 3.63) is 101 Å². The first kappa shape index (κ1) is 33.1. The normalized spacial score (nSPS) is 14.5. The van der Waals surface area contributed by atoms with Gasteiger partial charge in [-0.25, -0.2) is 0 Å². The summed E-state index contributed by atoms with van der Waals surface area (Å²) in [5, 5.41) is 4.18. The predicted molar refractivity (Wildman–Crippen MR) is 141 cm³/mol. The number of aromatic amines is 1. The number of carbonyl (C=O) groups is 1. The number of rotatable bonds is 10. The molecule has 1 unspecified atom stereocenters. The van der Waals surface area contributed by atoms with Crippen LogP contribution in [0.5, 0.6) is 5.75 Å². The maximum atomic E-state index is 13.9. The fourth-order valence-corrected chi connectivity index (χ4v) is 5.35. The van der Waals surface area contributed by atoms with Gasteiger partial charge in [0.1, 0.15) is 5.75 Å². The smallest absolute Gasteiger partial charge is 0.790 e. The molecule has 0 bridgehead atoms. The van der Waals surface area contributed by atoms with Gasteiger partial charge in [0.25, 0.3) is 0 Å². The maximum Gasteiger partial charge on any atom is 1.00 e. The number of amides is 1. The van der Waals surface area contributed by atoms with Gasteiger partial charge in [-0.15, -0.1) is 0 Å². The Hall–Kier alpha value is -1.42. The van der Waals surface area contributed by atoms with Crippen LogP contribution < -0.4 is 79.0 Å². The van der Waals surface area contributed by atoms with Crippen molar-refractivity contribution in [3.63, 3.8) is 0 Å². The van der Waals surface area contributed by atoms with Crippen LogP contribution in [-0.4, -0.2) is 24.6 Å². The number of phosphoric ester groups is 1. The largest absolute Gasteiger partial charge is 1.00 e. The van der Waals surface area contributed by atoms with E-state index in [0.717, 1.165) is 51.6 Å². The minimum absolute atomic E-state index is 0. The second-order valence-electron chi connectivity index (χ2n) is 9.75. The summed E-state index contributed by atoms with van der Waals surface area (Å²) in [7, 11) is -3.40. The van der Waals surface area contributed by atoms with Gasteiger partial charge in [-0.1, -0.05) is 48.5 Å². The zero-order valence-electron chi connectivity index (χ0n) is 23.2. The number of phosphoric acid groups is 1. The van der Waals surface area contributed by atoms with E-state index in [0.29, 0.717) is 5.75 Å². The Bertz CT molecular complexity index is 1520. The van der Waals surface area contributed by atoms with E-state index in [9.17, 15) is 19.1 Å². The Labute approximate surface area is 278 Å². The van der Waals surface area contributed by atoms with Crippen molar-refractivity contribution in [1.82, 2.24) is 10.3 Å². The number of hydrogen-bond acceptors (Lipinski definition) is 6. The topological polar surface area (TPSA) is 127 Å². The molecule has 1 amide bonds. The van der Waals surface area contributed by atoms with Crippen molar-refractivity contribution in [2.45, 2.75) is 37.6 Å². The van der Waals surface area contributed by atoms with Gasteiger partial charge in [-0.2, -0.15) is 0 Å². The van der Waals surface area contributed by atoms with Crippen molar-refractivity contribution >= 4 is 24.6 Å². The summed E-state index contributed by atoms with van der Waals surface area (Å²) in [6.45, 7) is 1.77. The van der Waals surface area contributed by atoms with E-state index >= 15 is 0 Å². The quantitative estimate of drug-likeness (QED) is 0.163. The van der Waals surface area contributed by atoms with Gasteiger partial charge < -0.3 is 33.9 Å². The number of H-pyrrole nitrogens is 1. The van der Waals surface area contributed by atoms with Gasteiger partial charge in [0.2, 0.25) is 5.91 Å². The number of aryl methyl sites for hydroxylation is 1. The molecule has 8 nitrogen and oxygen atoms in total. The minimum Gasteiger partial charge on any atom is -0.790 e. The third-order valence-corrected chi connectivity index (χ3v) is 7.73. The van der Waals surface area contributed by atoms with Crippen molar-refractivity contribution < 1.29 is 87.5 Å². The predicted octanol–water partition coefficient (Wildman–Crippen LogP) is -2.18. The molecule has 0 aliphatic heterocycles. The third kappa shape index (κ3) is 7.31. The van der Waals surface area contributed by atoms with Gasteiger partial charge in [-0.05, 0) is 66.6 Å². The summed E-state index contributed by atoms with van der Waals surface area (Å²) in [4.78, 5) is 38.7. The average molecular weight is 579 g/mol. The molecule has 1 heterocycles. The summed E-state index contributed by atoms with van der Waals surface area (Å²) in [5.74, 6) is 0.651. The second kappa shape index (κ2) is 13.7. The molecule has 0 spiro atoms. The SMILES string of the molecule is COc1cc(C)ccc1C(NC(=O)C1(c2ccc3[nH]cc(CCOP(=O)([O-])[O-])c3c2)CC1)c1ccccc1.[Na+].[Na+]. The Kier molecular flexibility index (Phi) is 11.3. The first-order valence-corrected chi connectivity index (χ1v) is 13.9. The number of fused-ring (bicyclic) bond motifs is 1. The molecule has 1 saturated carbocycles. The van der Waals surface area contributed by atoms with Crippen LogP contribution in [0.25, 0.3) is 10.9 Å². The summed E-state index contributed by atoms with van der Waals surface area (Å²) in [5.41, 5.74) is 4.81. The Morgan fingerprint density at radius 2 is 1.80 bits per heavy atom. The van der Waals surface area contributed by atoms with Crippen LogP contribution in [0.15, 0.2) is 72.9 Å². The Morgan fingerprint density at radius 1 is 1.07 bits per heavy atom. The number of carbonyl (C=O) groups excluding carboxylic acids is 1. The molecule has 2 N–H and O–H groups in total. The van der Waals surface area contributed by atoms with E-state index in [1.165, 1.54) is 0 Å². The van der Waals surface area contributed by atoms with Crippen LogP contribution in [0.4, 0.5) is 0 Å². The molecule has 1 aromatic heterocycles. The van der Waals surface area contributed by atoms with Gasteiger partial charge in [0.15, 0.2) is 0 Å². The fraction of sp³-hybridized carbons (Fsp3) is 0.276. The average Bonchev–Trinajstić information content (AvgIpc) is 3.62. The zero-order valence-corrected chi connectivity index (χ0v) is 28.1. The molecule has 0 radical (unpaired) electrons. The van der Waals surface area contributed by atoms with Crippen molar-refractivity contribution in [2.75, 3.05) is 13.7 Å². The molecular weight excluding hydrogens is 549 g/mol. The van der Waals surface area contributed by atoms with Gasteiger partial charge in [-0.3, -0.25) is 4.79 Å². The molecular formula is C29H29N2Na2O6P. The van der Waals surface area contributed by atoms with Crippen molar-refractivity contribution in [3.8, 4) is 5.75 Å². The summed E-state index contributed by atoms with van der Waals surface area (Å²) >= 11 is 0. The van der Waals surface area contributed by atoms with Crippen LogP contribution in [0.2, 0.25) is 0 Å². The number of aromatic nitrogens is 1. The maximum absolute atomic E-state index is 13.9. The minimum atomic E-state index is -5.03. The summed E-state index contributed by atoms with van der Waals surface area (Å²) in [6, 6.07) is 21.3. The Morgan fingerprint density at radius 3 is 2.45 bits per heavy atom. The van der Waals surface area contributed by atoms with E-state index in [1.807, 2.05) is 73.7 Å². The molecule has 11 heteroatoms. The third-order valence-electron chi connectivity index (χ3n) is 7.23.